The number of methoxy groups -OCH3 is 1. The second-order valence-corrected chi connectivity index (χ2v) is 6.50. The number of pyridine rings is 1. The number of fused-ring (bicyclic) bond motifs is 1. The highest BCUT2D eigenvalue weighted by Gasteiger charge is 2.19. The fourth-order valence-electron chi connectivity index (χ4n) is 3.41. The summed E-state index contributed by atoms with van der Waals surface area (Å²) in [5.74, 6) is 0.438. The normalized spacial score (nSPS) is 10.6. The van der Waals surface area contributed by atoms with Crippen molar-refractivity contribution in [2.75, 3.05) is 12.4 Å². The van der Waals surface area contributed by atoms with Gasteiger partial charge in [0.1, 0.15) is 5.75 Å². The molecule has 0 saturated heterocycles. The fraction of sp³-hybridized carbons (Fsp3) is 0.0833. The van der Waals surface area contributed by atoms with Crippen LogP contribution in [0.3, 0.4) is 0 Å². The number of para-hydroxylation sites is 3. The first kappa shape index (κ1) is 17.7. The monoisotopic (exact) mass is 368 g/mol. The lowest BCUT2D eigenvalue weighted by Gasteiger charge is -2.16. The molecule has 0 aliphatic heterocycles. The molecule has 0 spiro atoms. The van der Waals surface area contributed by atoms with Crippen LogP contribution >= 0.6 is 0 Å². The average Bonchev–Trinajstić information content (AvgIpc) is 2.74. The van der Waals surface area contributed by atoms with E-state index in [1.165, 1.54) is 0 Å². The highest BCUT2D eigenvalue weighted by atomic mass is 16.5. The number of ether oxygens (including phenoxy) is 1. The molecule has 4 heteroatoms. The molecule has 0 unspecified atom stereocenters. The van der Waals surface area contributed by atoms with E-state index in [9.17, 15) is 4.79 Å². The smallest absolute Gasteiger partial charge is 0.256 e. The van der Waals surface area contributed by atoms with Gasteiger partial charge in [0.2, 0.25) is 0 Å². The molecular formula is C24H20N2O2. The van der Waals surface area contributed by atoms with Crippen LogP contribution in [0.1, 0.15) is 15.9 Å². The highest BCUT2D eigenvalue weighted by Crippen LogP contribution is 2.31. The number of rotatable bonds is 4. The van der Waals surface area contributed by atoms with Crippen LogP contribution in [0.25, 0.3) is 22.2 Å². The molecule has 1 aromatic heterocycles. The third-order valence-electron chi connectivity index (χ3n) is 4.77. The summed E-state index contributed by atoms with van der Waals surface area (Å²) in [4.78, 5) is 18.1. The zero-order valence-electron chi connectivity index (χ0n) is 15.8. The SMILES string of the molecule is COc1ccccc1NC(=O)c1c(C)c(-c2ccccc2)nc2ccccc12. The van der Waals surface area contributed by atoms with Crippen LogP contribution in [0.4, 0.5) is 5.69 Å². The minimum absolute atomic E-state index is 0.183. The van der Waals surface area contributed by atoms with E-state index in [0.717, 1.165) is 27.7 Å². The number of hydrogen-bond acceptors (Lipinski definition) is 3. The lowest BCUT2D eigenvalue weighted by atomic mass is 9.97. The molecule has 4 nitrogen and oxygen atoms in total. The van der Waals surface area contributed by atoms with E-state index in [1.54, 1.807) is 7.11 Å². The van der Waals surface area contributed by atoms with Crippen molar-refractivity contribution < 1.29 is 9.53 Å². The van der Waals surface area contributed by atoms with Gasteiger partial charge in [0.05, 0.1) is 29.6 Å². The molecule has 0 bridgehead atoms. The van der Waals surface area contributed by atoms with Crippen molar-refractivity contribution >= 4 is 22.5 Å². The van der Waals surface area contributed by atoms with Gasteiger partial charge in [-0.15, -0.1) is 0 Å². The summed E-state index contributed by atoms with van der Waals surface area (Å²) in [7, 11) is 1.59. The van der Waals surface area contributed by atoms with Crippen LogP contribution in [0.2, 0.25) is 0 Å². The van der Waals surface area contributed by atoms with Crippen molar-refractivity contribution in [3.05, 3.63) is 90.0 Å². The van der Waals surface area contributed by atoms with Crippen molar-refractivity contribution in [1.29, 1.82) is 0 Å². The Morgan fingerprint density at radius 3 is 2.36 bits per heavy atom. The molecule has 28 heavy (non-hydrogen) atoms. The molecule has 4 rings (SSSR count). The van der Waals surface area contributed by atoms with Crippen LogP contribution in [-0.4, -0.2) is 18.0 Å². The van der Waals surface area contributed by atoms with Gasteiger partial charge in [0.15, 0.2) is 0 Å². The van der Waals surface area contributed by atoms with Gasteiger partial charge in [0.25, 0.3) is 5.91 Å². The molecule has 1 heterocycles. The Morgan fingerprint density at radius 1 is 0.893 bits per heavy atom. The molecule has 4 aromatic rings. The van der Waals surface area contributed by atoms with Gasteiger partial charge >= 0.3 is 0 Å². The molecule has 0 radical (unpaired) electrons. The molecule has 0 aliphatic carbocycles. The maximum absolute atomic E-state index is 13.3. The molecule has 1 amide bonds. The van der Waals surface area contributed by atoms with Gasteiger partial charge in [-0.1, -0.05) is 60.7 Å². The van der Waals surface area contributed by atoms with E-state index in [2.05, 4.69) is 5.32 Å². The minimum Gasteiger partial charge on any atom is -0.495 e. The van der Waals surface area contributed by atoms with E-state index in [1.807, 2.05) is 85.8 Å². The minimum atomic E-state index is -0.183. The third kappa shape index (κ3) is 3.21. The van der Waals surface area contributed by atoms with Crippen LogP contribution < -0.4 is 10.1 Å². The van der Waals surface area contributed by atoms with Crippen LogP contribution in [0, 0.1) is 6.92 Å². The standard InChI is InChI=1S/C24H20N2O2/c1-16-22(24(27)26-20-14-8-9-15-21(20)28-2)18-12-6-7-13-19(18)25-23(16)17-10-4-3-5-11-17/h3-15H,1-2H3,(H,26,27). The number of amides is 1. The maximum atomic E-state index is 13.3. The number of anilines is 1. The van der Waals surface area contributed by atoms with E-state index >= 15 is 0 Å². The summed E-state index contributed by atoms with van der Waals surface area (Å²) >= 11 is 0. The van der Waals surface area contributed by atoms with E-state index in [-0.39, 0.29) is 5.91 Å². The Bertz CT molecular complexity index is 1150. The summed E-state index contributed by atoms with van der Waals surface area (Å²) in [6.07, 6.45) is 0. The van der Waals surface area contributed by atoms with Crippen LogP contribution in [0.5, 0.6) is 5.75 Å². The largest absolute Gasteiger partial charge is 0.495 e. The molecule has 3 aromatic carbocycles. The van der Waals surface area contributed by atoms with Gasteiger partial charge in [0, 0.05) is 10.9 Å². The second-order valence-electron chi connectivity index (χ2n) is 6.50. The molecule has 0 aliphatic rings. The molecule has 0 saturated carbocycles. The average molecular weight is 368 g/mol. The van der Waals surface area contributed by atoms with Crippen molar-refractivity contribution in [3.63, 3.8) is 0 Å². The first-order valence-electron chi connectivity index (χ1n) is 9.08. The first-order valence-corrected chi connectivity index (χ1v) is 9.08. The molecule has 138 valence electrons. The predicted molar refractivity (Wildman–Crippen MR) is 113 cm³/mol. The van der Waals surface area contributed by atoms with E-state index < -0.39 is 0 Å². The molecule has 0 fully saturated rings. The number of aromatic nitrogens is 1. The van der Waals surface area contributed by atoms with Gasteiger partial charge in [-0.3, -0.25) is 4.79 Å². The van der Waals surface area contributed by atoms with Gasteiger partial charge in [-0.25, -0.2) is 4.98 Å². The Balaban J connectivity index is 1.88. The van der Waals surface area contributed by atoms with Crippen molar-refractivity contribution in [1.82, 2.24) is 4.98 Å². The molecule has 0 atom stereocenters. The van der Waals surface area contributed by atoms with Crippen LogP contribution in [-0.2, 0) is 0 Å². The van der Waals surface area contributed by atoms with Gasteiger partial charge < -0.3 is 10.1 Å². The number of hydrogen-bond donors (Lipinski definition) is 1. The predicted octanol–water partition coefficient (Wildman–Crippen LogP) is 5.47. The first-order chi connectivity index (χ1) is 13.7. The second kappa shape index (κ2) is 7.53. The Hall–Kier alpha value is -3.66. The number of nitrogens with zero attached hydrogens (tertiary/aromatic N) is 1. The summed E-state index contributed by atoms with van der Waals surface area (Å²) in [5, 5.41) is 3.82. The summed E-state index contributed by atoms with van der Waals surface area (Å²) in [6, 6.07) is 25.0. The lowest BCUT2D eigenvalue weighted by Crippen LogP contribution is -2.15. The summed E-state index contributed by atoms with van der Waals surface area (Å²) < 4.78 is 5.37. The molecular weight excluding hydrogens is 348 g/mol. The van der Waals surface area contributed by atoms with Crippen molar-refractivity contribution in [2.45, 2.75) is 6.92 Å². The highest BCUT2D eigenvalue weighted by molar-refractivity contribution is 6.14. The summed E-state index contributed by atoms with van der Waals surface area (Å²) in [6.45, 7) is 1.94. The van der Waals surface area contributed by atoms with Crippen molar-refractivity contribution in [2.24, 2.45) is 0 Å². The topological polar surface area (TPSA) is 51.2 Å². The zero-order valence-corrected chi connectivity index (χ0v) is 15.8. The third-order valence-corrected chi connectivity index (χ3v) is 4.77. The van der Waals surface area contributed by atoms with Gasteiger partial charge in [-0.2, -0.15) is 0 Å². The maximum Gasteiger partial charge on any atom is 0.256 e. The Labute approximate surface area is 163 Å². The Kier molecular flexibility index (Phi) is 4.77. The Morgan fingerprint density at radius 2 is 1.57 bits per heavy atom. The van der Waals surface area contributed by atoms with E-state index in [0.29, 0.717) is 17.0 Å². The van der Waals surface area contributed by atoms with E-state index in [4.69, 9.17) is 9.72 Å². The number of benzene rings is 3. The molecule has 1 N–H and O–H groups in total. The fourth-order valence-corrected chi connectivity index (χ4v) is 3.41. The lowest BCUT2D eigenvalue weighted by molar-refractivity contribution is 0.102. The van der Waals surface area contributed by atoms with Crippen LogP contribution in [0.15, 0.2) is 78.9 Å². The number of carbonyl (C=O) groups is 1. The number of nitrogens with one attached hydrogen (secondary N) is 1. The van der Waals surface area contributed by atoms with Crippen molar-refractivity contribution in [3.8, 4) is 17.0 Å². The zero-order chi connectivity index (χ0) is 19.5. The summed E-state index contributed by atoms with van der Waals surface area (Å²) in [5.41, 5.74) is 4.68. The quantitative estimate of drug-likeness (QED) is 0.519. The van der Waals surface area contributed by atoms with Gasteiger partial charge in [-0.05, 0) is 30.7 Å². The number of carbonyl (C=O) groups excluding carboxylic acids is 1.